The first-order chi connectivity index (χ1) is 20.5. The number of ether oxygens (including phenoxy) is 1. The van der Waals surface area contributed by atoms with Crippen LogP contribution < -0.4 is 21.3 Å². The number of anilines is 5. The van der Waals surface area contributed by atoms with E-state index in [0.717, 1.165) is 32.1 Å². The van der Waals surface area contributed by atoms with Crippen LogP contribution in [0.25, 0.3) is 0 Å². The predicted octanol–water partition coefficient (Wildman–Crippen LogP) is 6.49. The Hall–Kier alpha value is -4.88. The number of hydrogen-bond acceptors (Lipinski definition) is 8. The van der Waals surface area contributed by atoms with E-state index in [-0.39, 0.29) is 12.0 Å². The number of alkyl carbamates (subject to hydrolysis) is 1. The SMILES string of the molecule is C=CC(=O)Nc1ccccc1Nc1nc(Nc2ccnc(C#CCCNC(=O)OC3CCC=CCCC3)c2)ncc1Cl. The van der Waals surface area contributed by atoms with Gasteiger partial charge in [0, 0.05) is 24.8 Å². The molecule has 0 saturated carbocycles. The molecule has 3 aromatic rings. The Bertz CT molecular complexity index is 1500. The van der Waals surface area contributed by atoms with Crippen molar-refractivity contribution in [2.75, 3.05) is 22.5 Å². The smallest absolute Gasteiger partial charge is 0.407 e. The van der Waals surface area contributed by atoms with Crippen molar-refractivity contribution in [2.24, 2.45) is 0 Å². The minimum absolute atomic E-state index is 0.0437. The van der Waals surface area contributed by atoms with E-state index in [0.29, 0.717) is 52.5 Å². The molecule has 2 amide bonds. The summed E-state index contributed by atoms with van der Waals surface area (Å²) in [7, 11) is 0. The highest BCUT2D eigenvalue weighted by Gasteiger charge is 2.14. The van der Waals surface area contributed by atoms with Gasteiger partial charge in [0.1, 0.15) is 16.8 Å². The van der Waals surface area contributed by atoms with E-state index < -0.39 is 6.09 Å². The second kappa shape index (κ2) is 15.8. The third-order valence-electron chi connectivity index (χ3n) is 6.11. The first-order valence-corrected chi connectivity index (χ1v) is 14.0. The molecule has 0 saturated heterocycles. The second-order valence-electron chi connectivity index (χ2n) is 9.29. The van der Waals surface area contributed by atoms with Crippen LogP contribution in [0.5, 0.6) is 0 Å². The first-order valence-electron chi connectivity index (χ1n) is 13.6. The number of pyridine rings is 1. The Morgan fingerprint density at radius 2 is 1.93 bits per heavy atom. The van der Waals surface area contributed by atoms with Crippen molar-refractivity contribution in [3.63, 3.8) is 0 Å². The number of benzene rings is 1. The molecule has 42 heavy (non-hydrogen) atoms. The Labute approximate surface area is 250 Å². The minimum Gasteiger partial charge on any atom is -0.446 e. The van der Waals surface area contributed by atoms with E-state index in [9.17, 15) is 9.59 Å². The van der Waals surface area contributed by atoms with Crippen LogP contribution in [0.4, 0.5) is 33.6 Å². The molecule has 1 aliphatic carbocycles. The average Bonchev–Trinajstić information content (AvgIpc) is 2.97. The molecule has 10 nitrogen and oxygen atoms in total. The van der Waals surface area contributed by atoms with Crippen LogP contribution in [-0.2, 0) is 9.53 Å². The van der Waals surface area contributed by atoms with Gasteiger partial charge in [-0.25, -0.2) is 14.8 Å². The van der Waals surface area contributed by atoms with Crippen LogP contribution in [0.15, 0.2) is 73.6 Å². The van der Waals surface area contributed by atoms with E-state index in [1.807, 2.05) is 6.07 Å². The summed E-state index contributed by atoms with van der Waals surface area (Å²) in [6.07, 6.45) is 13.3. The topological polar surface area (TPSA) is 130 Å². The molecule has 1 aliphatic rings. The molecule has 2 heterocycles. The summed E-state index contributed by atoms with van der Waals surface area (Å²) in [6.45, 7) is 3.86. The maximum absolute atomic E-state index is 12.1. The van der Waals surface area contributed by atoms with Crippen molar-refractivity contribution in [2.45, 2.75) is 44.6 Å². The maximum atomic E-state index is 12.1. The van der Waals surface area contributed by atoms with Crippen molar-refractivity contribution >= 4 is 52.4 Å². The van der Waals surface area contributed by atoms with Crippen molar-refractivity contribution in [3.8, 4) is 11.8 Å². The number of aromatic nitrogens is 3. The molecule has 2 aromatic heterocycles. The van der Waals surface area contributed by atoms with Gasteiger partial charge in [0.25, 0.3) is 0 Å². The number of nitrogens with one attached hydrogen (secondary N) is 4. The molecular formula is C31H32ClN7O3. The van der Waals surface area contributed by atoms with E-state index in [2.05, 4.69) is 66.8 Å². The molecule has 216 valence electrons. The molecule has 1 unspecified atom stereocenters. The molecule has 0 spiro atoms. The van der Waals surface area contributed by atoms with Gasteiger partial charge in [-0.1, -0.05) is 48.4 Å². The van der Waals surface area contributed by atoms with Crippen molar-refractivity contribution in [1.29, 1.82) is 0 Å². The van der Waals surface area contributed by atoms with Crippen molar-refractivity contribution in [1.82, 2.24) is 20.3 Å². The Kier molecular flexibility index (Phi) is 11.3. The molecule has 0 aliphatic heterocycles. The summed E-state index contributed by atoms with van der Waals surface area (Å²) in [6, 6.07) is 10.7. The van der Waals surface area contributed by atoms with E-state index >= 15 is 0 Å². The standard InChI is InChI=1S/C31H32ClN7O3/c1-2-28(40)37-26-15-8-9-16-27(26)38-29-25(32)21-35-30(39-29)36-23-17-19-33-22(20-23)12-10-11-18-34-31(41)42-24-13-6-4-3-5-7-14-24/h2-4,8-9,15-17,19-21,24H,1,5-7,11,13-14,18H2,(H,34,41)(H,37,40)(H2,33,35,36,38,39). The quantitative estimate of drug-likeness (QED) is 0.0969. The lowest BCUT2D eigenvalue weighted by Gasteiger charge is -2.18. The van der Waals surface area contributed by atoms with Gasteiger partial charge in [0.2, 0.25) is 11.9 Å². The van der Waals surface area contributed by atoms with Gasteiger partial charge in [-0.3, -0.25) is 4.79 Å². The molecule has 4 N–H and O–H groups in total. The number of carbonyl (C=O) groups excluding carboxylic acids is 2. The third kappa shape index (κ3) is 9.64. The summed E-state index contributed by atoms with van der Waals surface area (Å²) in [5.41, 5.74) is 2.37. The number of amides is 2. The Morgan fingerprint density at radius 1 is 1.10 bits per heavy atom. The summed E-state index contributed by atoms with van der Waals surface area (Å²) in [5.74, 6) is 6.33. The zero-order chi connectivity index (χ0) is 29.6. The van der Waals surface area contributed by atoms with Crippen LogP contribution in [-0.4, -0.2) is 39.6 Å². The first kappa shape index (κ1) is 30.1. The highest BCUT2D eigenvalue weighted by atomic mass is 35.5. The average molecular weight is 586 g/mol. The van der Waals surface area contributed by atoms with Crippen molar-refractivity contribution in [3.05, 3.63) is 84.3 Å². The molecule has 0 fully saturated rings. The molecule has 11 heteroatoms. The van der Waals surface area contributed by atoms with Gasteiger partial charge in [-0.15, -0.1) is 0 Å². The van der Waals surface area contributed by atoms with Crippen LogP contribution in [0.1, 0.15) is 44.2 Å². The fourth-order valence-corrected chi connectivity index (χ4v) is 4.19. The number of allylic oxidation sites excluding steroid dienone is 2. The molecule has 0 bridgehead atoms. The zero-order valence-electron chi connectivity index (χ0n) is 23.0. The van der Waals surface area contributed by atoms with Gasteiger partial charge in [-0.2, -0.15) is 4.98 Å². The maximum Gasteiger partial charge on any atom is 0.407 e. The molecule has 1 atom stereocenters. The lowest BCUT2D eigenvalue weighted by Crippen LogP contribution is -2.29. The lowest BCUT2D eigenvalue weighted by molar-refractivity contribution is -0.111. The third-order valence-corrected chi connectivity index (χ3v) is 6.39. The molecule has 1 aromatic carbocycles. The van der Waals surface area contributed by atoms with Gasteiger partial charge in [0.15, 0.2) is 5.82 Å². The van der Waals surface area contributed by atoms with Crippen LogP contribution in [0.2, 0.25) is 5.02 Å². The lowest BCUT2D eigenvalue weighted by atomic mass is 10.0. The highest BCUT2D eigenvalue weighted by molar-refractivity contribution is 6.33. The number of halogens is 1. The highest BCUT2D eigenvalue weighted by Crippen LogP contribution is 2.29. The number of para-hydroxylation sites is 2. The minimum atomic E-state index is -0.405. The summed E-state index contributed by atoms with van der Waals surface area (Å²) < 4.78 is 5.54. The normalized spacial score (nSPS) is 14.3. The summed E-state index contributed by atoms with van der Waals surface area (Å²) >= 11 is 6.34. The Morgan fingerprint density at radius 3 is 2.79 bits per heavy atom. The summed E-state index contributed by atoms with van der Waals surface area (Å²) in [4.78, 5) is 36.9. The van der Waals surface area contributed by atoms with Crippen molar-refractivity contribution < 1.29 is 14.3 Å². The van der Waals surface area contributed by atoms with E-state index in [1.54, 1.807) is 36.5 Å². The van der Waals surface area contributed by atoms with E-state index in [1.165, 1.54) is 12.3 Å². The van der Waals surface area contributed by atoms with Crippen LogP contribution >= 0.6 is 11.6 Å². The van der Waals surface area contributed by atoms with Gasteiger partial charge in [0.05, 0.1) is 17.6 Å². The number of nitrogens with zero attached hydrogens (tertiary/aromatic N) is 3. The monoisotopic (exact) mass is 585 g/mol. The summed E-state index contributed by atoms with van der Waals surface area (Å²) in [5, 5.41) is 12.1. The predicted molar refractivity (Wildman–Crippen MR) is 165 cm³/mol. The second-order valence-corrected chi connectivity index (χ2v) is 9.70. The molecule has 0 radical (unpaired) electrons. The fourth-order valence-electron chi connectivity index (χ4n) is 4.05. The number of rotatable bonds is 9. The van der Waals surface area contributed by atoms with Crippen LogP contribution in [0, 0.1) is 11.8 Å². The van der Waals surface area contributed by atoms with E-state index in [4.69, 9.17) is 16.3 Å². The molecule has 4 rings (SSSR count). The zero-order valence-corrected chi connectivity index (χ0v) is 23.8. The number of carbonyl (C=O) groups is 2. The molecular weight excluding hydrogens is 554 g/mol. The van der Waals surface area contributed by atoms with Gasteiger partial charge < -0.3 is 26.0 Å². The largest absolute Gasteiger partial charge is 0.446 e. The van der Waals surface area contributed by atoms with Gasteiger partial charge >= 0.3 is 6.09 Å². The fraction of sp³-hybridized carbons (Fsp3) is 0.258. The number of hydrogen-bond donors (Lipinski definition) is 4. The van der Waals surface area contributed by atoms with Crippen LogP contribution in [0.3, 0.4) is 0 Å². The Balaban J connectivity index is 1.31. The van der Waals surface area contributed by atoms with Gasteiger partial charge in [-0.05, 0) is 68.4 Å².